The first-order valence-corrected chi connectivity index (χ1v) is 8.00. The number of anilines is 1. The van der Waals surface area contributed by atoms with E-state index in [4.69, 9.17) is 21.1 Å². The monoisotopic (exact) mass is 348 g/mol. The highest BCUT2D eigenvalue weighted by atomic mass is 35.5. The molecule has 6 heteroatoms. The number of methoxy groups -OCH3 is 2. The maximum absolute atomic E-state index is 12.3. The fraction of sp³-hybridized carbons (Fsp3) is 0.278. The Kier molecular flexibility index (Phi) is 6.32. The highest BCUT2D eigenvalue weighted by Crippen LogP contribution is 2.35. The quantitative estimate of drug-likeness (QED) is 0.800. The number of amides is 2. The second kappa shape index (κ2) is 8.45. The van der Waals surface area contributed by atoms with Gasteiger partial charge in [-0.3, -0.25) is 0 Å². The number of nitrogens with one attached hydrogen (secondary N) is 2. The molecule has 2 amide bonds. The van der Waals surface area contributed by atoms with E-state index in [1.54, 1.807) is 12.1 Å². The molecule has 1 unspecified atom stereocenters. The van der Waals surface area contributed by atoms with Crippen molar-refractivity contribution in [1.82, 2.24) is 5.32 Å². The summed E-state index contributed by atoms with van der Waals surface area (Å²) in [7, 11) is 3.04. The number of carbonyl (C=O) groups is 1. The van der Waals surface area contributed by atoms with Crippen LogP contribution in [0.25, 0.3) is 0 Å². The fourth-order valence-corrected chi connectivity index (χ4v) is 2.62. The van der Waals surface area contributed by atoms with Crippen molar-refractivity contribution in [2.24, 2.45) is 0 Å². The molecular weight excluding hydrogens is 328 g/mol. The van der Waals surface area contributed by atoms with Crippen LogP contribution < -0.4 is 20.1 Å². The summed E-state index contributed by atoms with van der Waals surface area (Å²) in [6.45, 7) is 2.02. The van der Waals surface area contributed by atoms with Crippen LogP contribution in [0.3, 0.4) is 0 Å². The van der Waals surface area contributed by atoms with Crippen LogP contribution in [0.15, 0.2) is 42.5 Å². The lowest BCUT2D eigenvalue weighted by Gasteiger charge is -2.19. The van der Waals surface area contributed by atoms with Crippen LogP contribution in [0, 0.1) is 0 Å². The Labute approximate surface area is 146 Å². The molecular formula is C18H21ClN2O3. The maximum Gasteiger partial charge on any atom is 0.319 e. The minimum absolute atomic E-state index is 0.0779. The van der Waals surface area contributed by atoms with Gasteiger partial charge in [0.25, 0.3) is 0 Å². The molecule has 2 N–H and O–H groups in total. The van der Waals surface area contributed by atoms with Gasteiger partial charge >= 0.3 is 6.03 Å². The summed E-state index contributed by atoms with van der Waals surface area (Å²) in [6.07, 6.45) is 0.776. The Bertz CT molecular complexity index is 692. The topological polar surface area (TPSA) is 59.6 Å². The fourth-order valence-electron chi connectivity index (χ4n) is 2.38. The summed E-state index contributed by atoms with van der Waals surface area (Å²) in [5.74, 6) is 0.953. The highest BCUT2D eigenvalue weighted by Gasteiger charge is 2.15. The number of ether oxygens (including phenoxy) is 2. The van der Waals surface area contributed by atoms with Gasteiger partial charge in [0.05, 0.1) is 31.0 Å². The van der Waals surface area contributed by atoms with Gasteiger partial charge in [-0.05, 0) is 18.1 Å². The van der Waals surface area contributed by atoms with Gasteiger partial charge in [-0.1, -0.05) is 48.9 Å². The van der Waals surface area contributed by atoms with E-state index >= 15 is 0 Å². The van der Waals surface area contributed by atoms with E-state index in [-0.39, 0.29) is 12.1 Å². The third-order valence-electron chi connectivity index (χ3n) is 3.64. The van der Waals surface area contributed by atoms with E-state index in [2.05, 4.69) is 10.6 Å². The van der Waals surface area contributed by atoms with E-state index in [0.717, 1.165) is 12.0 Å². The van der Waals surface area contributed by atoms with Gasteiger partial charge in [0.15, 0.2) is 0 Å². The van der Waals surface area contributed by atoms with Crippen molar-refractivity contribution in [3.05, 3.63) is 53.1 Å². The number of urea groups is 1. The Hall–Kier alpha value is -2.40. The molecule has 128 valence electrons. The lowest BCUT2D eigenvalue weighted by molar-refractivity contribution is 0.248. The largest absolute Gasteiger partial charge is 0.495 e. The lowest BCUT2D eigenvalue weighted by Crippen LogP contribution is -2.32. The van der Waals surface area contributed by atoms with Gasteiger partial charge in [0, 0.05) is 6.07 Å². The van der Waals surface area contributed by atoms with E-state index in [1.807, 2.05) is 37.3 Å². The number of hydrogen-bond acceptors (Lipinski definition) is 3. The first-order chi connectivity index (χ1) is 11.6. The van der Waals surface area contributed by atoms with Crippen LogP contribution in [-0.2, 0) is 0 Å². The minimum atomic E-state index is -0.328. The minimum Gasteiger partial charge on any atom is -0.495 e. The molecule has 0 aliphatic rings. The van der Waals surface area contributed by atoms with Gasteiger partial charge in [-0.2, -0.15) is 0 Å². The molecule has 0 spiro atoms. The van der Waals surface area contributed by atoms with Crippen LogP contribution in [0.1, 0.15) is 24.9 Å². The molecule has 0 saturated heterocycles. The maximum atomic E-state index is 12.3. The SMILES string of the molecule is CCC(NC(=O)Nc1cc(Cl)c(OC)cc1OC)c1ccccc1. The molecule has 0 fully saturated rings. The number of hydrogen-bond donors (Lipinski definition) is 2. The van der Waals surface area contributed by atoms with Crippen LogP contribution in [-0.4, -0.2) is 20.3 Å². The third kappa shape index (κ3) is 4.32. The van der Waals surface area contributed by atoms with Crippen LogP contribution in [0.2, 0.25) is 5.02 Å². The third-order valence-corrected chi connectivity index (χ3v) is 3.93. The molecule has 0 heterocycles. The molecule has 5 nitrogen and oxygen atoms in total. The molecule has 2 rings (SSSR count). The molecule has 0 aromatic heterocycles. The number of rotatable bonds is 6. The molecule has 0 radical (unpaired) electrons. The predicted molar refractivity (Wildman–Crippen MR) is 96.2 cm³/mol. The predicted octanol–water partition coefficient (Wildman–Crippen LogP) is 4.63. The first kappa shape index (κ1) is 17.9. The van der Waals surface area contributed by atoms with Crippen LogP contribution in [0.4, 0.5) is 10.5 Å². The van der Waals surface area contributed by atoms with Crippen LogP contribution in [0.5, 0.6) is 11.5 Å². The summed E-state index contributed by atoms with van der Waals surface area (Å²) in [6, 6.07) is 12.6. The van der Waals surface area contributed by atoms with Crippen molar-refractivity contribution in [2.75, 3.05) is 19.5 Å². The number of carbonyl (C=O) groups excluding carboxylic acids is 1. The zero-order valence-corrected chi connectivity index (χ0v) is 14.7. The smallest absolute Gasteiger partial charge is 0.319 e. The standard InChI is InChI=1S/C18H21ClN2O3/c1-4-14(12-8-6-5-7-9-12)20-18(22)21-15-10-13(19)16(23-2)11-17(15)24-3/h5-11,14H,4H2,1-3H3,(H2,20,21,22). The second-order valence-corrected chi connectivity index (χ2v) is 5.56. The van der Waals surface area contributed by atoms with Crippen molar-refractivity contribution in [3.63, 3.8) is 0 Å². The molecule has 0 saturated carbocycles. The molecule has 0 aliphatic heterocycles. The van der Waals surface area contributed by atoms with Crippen molar-refractivity contribution >= 4 is 23.3 Å². The molecule has 24 heavy (non-hydrogen) atoms. The average Bonchev–Trinajstić information content (AvgIpc) is 2.60. The van der Waals surface area contributed by atoms with Crippen molar-refractivity contribution < 1.29 is 14.3 Å². The van der Waals surface area contributed by atoms with Crippen molar-refractivity contribution in [2.45, 2.75) is 19.4 Å². The van der Waals surface area contributed by atoms with E-state index in [0.29, 0.717) is 22.2 Å². The zero-order valence-electron chi connectivity index (χ0n) is 13.9. The summed E-state index contributed by atoms with van der Waals surface area (Å²) in [5.41, 5.74) is 1.53. The lowest BCUT2D eigenvalue weighted by atomic mass is 10.1. The van der Waals surface area contributed by atoms with E-state index < -0.39 is 0 Å². The molecule has 0 aliphatic carbocycles. The van der Waals surface area contributed by atoms with Gasteiger partial charge in [0.2, 0.25) is 0 Å². The highest BCUT2D eigenvalue weighted by molar-refractivity contribution is 6.32. The Morgan fingerprint density at radius 2 is 1.79 bits per heavy atom. The zero-order chi connectivity index (χ0) is 17.5. The second-order valence-electron chi connectivity index (χ2n) is 5.16. The molecule has 0 bridgehead atoms. The van der Waals surface area contributed by atoms with Crippen molar-refractivity contribution in [3.8, 4) is 11.5 Å². The van der Waals surface area contributed by atoms with Gasteiger partial charge < -0.3 is 20.1 Å². The Balaban J connectivity index is 2.13. The average molecular weight is 349 g/mol. The van der Waals surface area contributed by atoms with Gasteiger partial charge in [-0.15, -0.1) is 0 Å². The van der Waals surface area contributed by atoms with E-state index in [1.165, 1.54) is 14.2 Å². The number of halogens is 1. The van der Waals surface area contributed by atoms with Gasteiger partial charge in [-0.25, -0.2) is 4.79 Å². The summed E-state index contributed by atoms with van der Waals surface area (Å²) >= 11 is 6.12. The summed E-state index contributed by atoms with van der Waals surface area (Å²) in [4.78, 5) is 12.3. The first-order valence-electron chi connectivity index (χ1n) is 7.63. The Morgan fingerprint density at radius 3 is 2.38 bits per heavy atom. The van der Waals surface area contributed by atoms with Crippen molar-refractivity contribution in [1.29, 1.82) is 0 Å². The normalized spacial score (nSPS) is 11.5. The Morgan fingerprint density at radius 1 is 1.12 bits per heavy atom. The number of benzene rings is 2. The molecule has 2 aromatic rings. The molecule has 1 atom stereocenters. The van der Waals surface area contributed by atoms with Gasteiger partial charge in [0.1, 0.15) is 11.5 Å². The van der Waals surface area contributed by atoms with E-state index in [9.17, 15) is 4.79 Å². The summed E-state index contributed by atoms with van der Waals surface area (Å²) in [5, 5.41) is 6.12. The van der Waals surface area contributed by atoms with Crippen LogP contribution >= 0.6 is 11.6 Å². The summed E-state index contributed by atoms with van der Waals surface area (Å²) < 4.78 is 10.4. The molecule has 2 aromatic carbocycles.